The Morgan fingerprint density at radius 2 is 1.96 bits per heavy atom. The van der Waals surface area contributed by atoms with Gasteiger partial charge in [0.05, 0.1) is 11.3 Å². The van der Waals surface area contributed by atoms with Crippen molar-refractivity contribution in [2.75, 3.05) is 17.2 Å². The molecule has 0 radical (unpaired) electrons. The zero-order valence-electron chi connectivity index (χ0n) is 15.3. The maximum absolute atomic E-state index is 13.5. The summed E-state index contributed by atoms with van der Waals surface area (Å²) in [5.41, 5.74) is 0.954. The Hall–Kier alpha value is -2.38. The highest BCUT2D eigenvalue weighted by atomic mass is 19.1. The number of hydrogen-bond acceptors (Lipinski definition) is 5. The fourth-order valence-corrected chi connectivity index (χ4v) is 3.06. The average molecular weight is 379 g/mol. The lowest BCUT2D eigenvalue weighted by molar-refractivity contribution is 0.241. The Labute approximate surface area is 156 Å². The van der Waals surface area contributed by atoms with E-state index < -0.39 is 18.3 Å². The topological polar surface area (TPSA) is 62.7 Å². The SMILES string of the molecule is CC[C@H](F)CNc1ncc(-c2cccc(F)n2)c(NC2CCC(F)CC2)n1. The molecule has 1 fully saturated rings. The van der Waals surface area contributed by atoms with Gasteiger partial charge in [0.25, 0.3) is 0 Å². The fourth-order valence-electron chi connectivity index (χ4n) is 3.06. The minimum atomic E-state index is -0.991. The van der Waals surface area contributed by atoms with Crippen LogP contribution in [0.1, 0.15) is 39.0 Å². The highest BCUT2D eigenvalue weighted by Crippen LogP contribution is 2.29. The molecule has 2 aromatic rings. The van der Waals surface area contributed by atoms with E-state index in [0.29, 0.717) is 49.2 Å². The van der Waals surface area contributed by atoms with E-state index in [1.165, 1.54) is 6.07 Å². The number of alkyl halides is 2. The summed E-state index contributed by atoms with van der Waals surface area (Å²) < 4.78 is 40.4. The molecule has 3 rings (SSSR count). The summed E-state index contributed by atoms with van der Waals surface area (Å²) in [5, 5.41) is 6.19. The van der Waals surface area contributed by atoms with Crippen LogP contribution in [0.25, 0.3) is 11.3 Å². The van der Waals surface area contributed by atoms with Crippen LogP contribution in [0, 0.1) is 5.95 Å². The zero-order valence-corrected chi connectivity index (χ0v) is 15.3. The van der Waals surface area contributed by atoms with Gasteiger partial charge in [-0.2, -0.15) is 9.37 Å². The van der Waals surface area contributed by atoms with Gasteiger partial charge in [0, 0.05) is 18.8 Å². The third kappa shape index (κ3) is 5.30. The van der Waals surface area contributed by atoms with Crippen LogP contribution in [-0.4, -0.2) is 39.9 Å². The molecule has 1 aliphatic carbocycles. The fraction of sp³-hybridized carbons (Fsp3) is 0.526. The molecule has 146 valence electrons. The van der Waals surface area contributed by atoms with Crippen molar-refractivity contribution in [2.45, 2.75) is 57.4 Å². The number of halogens is 3. The van der Waals surface area contributed by atoms with Gasteiger partial charge < -0.3 is 10.6 Å². The van der Waals surface area contributed by atoms with Gasteiger partial charge in [-0.25, -0.2) is 18.7 Å². The number of pyridine rings is 1. The van der Waals surface area contributed by atoms with E-state index in [0.717, 1.165) is 0 Å². The summed E-state index contributed by atoms with van der Waals surface area (Å²) in [4.78, 5) is 12.5. The van der Waals surface area contributed by atoms with Gasteiger partial charge in [-0.1, -0.05) is 13.0 Å². The summed E-state index contributed by atoms with van der Waals surface area (Å²) in [6.45, 7) is 1.88. The van der Waals surface area contributed by atoms with Crippen molar-refractivity contribution in [1.82, 2.24) is 15.0 Å². The molecule has 5 nitrogen and oxygen atoms in total. The molecule has 1 atom stereocenters. The van der Waals surface area contributed by atoms with Crippen LogP contribution in [0.15, 0.2) is 24.4 Å². The van der Waals surface area contributed by atoms with E-state index in [-0.39, 0.29) is 18.5 Å². The minimum Gasteiger partial charge on any atom is -0.367 e. The predicted molar refractivity (Wildman–Crippen MR) is 99.7 cm³/mol. The van der Waals surface area contributed by atoms with Crippen molar-refractivity contribution in [3.63, 3.8) is 0 Å². The quantitative estimate of drug-likeness (QED) is 0.692. The molecule has 0 aliphatic heterocycles. The Balaban J connectivity index is 1.85. The molecule has 2 heterocycles. The van der Waals surface area contributed by atoms with E-state index in [2.05, 4.69) is 25.6 Å². The van der Waals surface area contributed by atoms with Crippen molar-refractivity contribution in [3.8, 4) is 11.3 Å². The Kier molecular flexibility index (Phi) is 6.47. The van der Waals surface area contributed by atoms with Gasteiger partial charge in [0.15, 0.2) is 0 Å². The number of nitrogens with one attached hydrogen (secondary N) is 2. The summed E-state index contributed by atoms with van der Waals surface area (Å²) in [7, 11) is 0. The molecule has 2 N–H and O–H groups in total. The zero-order chi connectivity index (χ0) is 19.2. The molecule has 0 amide bonds. The monoisotopic (exact) mass is 379 g/mol. The summed E-state index contributed by atoms with van der Waals surface area (Å²) >= 11 is 0. The number of nitrogens with zero attached hydrogens (tertiary/aromatic N) is 3. The average Bonchev–Trinajstić information content (AvgIpc) is 2.68. The van der Waals surface area contributed by atoms with Crippen LogP contribution in [0.5, 0.6) is 0 Å². The van der Waals surface area contributed by atoms with E-state index in [4.69, 9.17) is 0 Å². The maximum atomic E-state index is 13.5. The Bertz CT molecular complexity index is 750. The van der Waals surface area contributed by atoms with Crippen LogP contribution in [0.4, 0.5) is 24.9 Å². The van der Waals surface area contributed by atoms with E-state index in [9.17, 15) is 13.2 Å². The van der Waals surface area contributed by atoms with E-state index >= 15 is 0 Å². The molecular formula is C19H24F3N5. The summed E-state index contributed by atoms with van der Waals surface area (Å²) in [6, 6.07) is 4.57. The van der Waals surface area contributed by atoms with Crippen molar-refractivity contribution < 1.29 is 13.2 Å². The molecule has 0 aromatic carbocycles. The predicted octanol–water partition coefficient (Wildman–Crippen LogP) is 4.53. The van der Waals surface area contributed by atoms with Crippen molar-refractivity contribution in [2.24, 2.45) is 0 Å². The first-order valence-electron chi connectivity index (χ1n) is 9.33. The van der Waals surface area contributed by atoms with Crippen molar-refractivity contribution in [3.05, 3.63) is 30.3 Å². The van der Waals surface area contributed by atoms with Crippen LogP contribution < -0.4 is 10.6 Å². The highest BCUT2D eigenvalue weighted by Gasteiger charge is 2.22. The first kappa shape index (κ1) is 19.4. The van der Waals surface area contributed by atoms with Crippen LogP contribution in [0.2, 0.25) is 0 Å². The second-order valence-electron chi connectivity index (χ2n) is 6.78. The largest absolute Gasteiger partial charge is 0.367 e. The smallest absolute Gasteiger partial charge is 0.224 e. The number of anilines is 2. The lowest BCUT2D eigenvalue weighted by Crippen LogP contribution is -2.27. The van der Waals surface area contributed by atoms with Crippen LogP contribution >= 0.6 is 0 Å². The third-order valence-electron chi connectivity index (χ3n) is 4.70. The molecule has 8 heteroatoms. The van der Waals surface area contributed by atoms with Gasteiger partial charge in [-0.05, 0) is 44.2 Å². The summed E-state index contributed by atoms with van der Waals surface area (Å²) in [6.07, 6.45) is 2.57. The first-order valence-corrected chi connectivity index (χ1v) is 9.33. The molecule has 0 unspecified atom stereocenters. The molecule has 0 spiro atoms. The lowest BCUT2D eigenvalue weighted by atomic mass is 9.94. The molecule has 1 saturated carbocycles. The van der Waals surface area contributed by atoms with Gasteiger partial charge in [-0.3, -0.25) is 0 Å². The van der Waals surface area contributed by atoms with Crippen LogP contribution in [-0.2, 0) is 0 Å². The first-order chi connectivity index (χ1) is 13.0. The molecule has 2 aromatic heterocycles. The maximum Gasteiger partial charge on any atom is 0.224 e. The van der Waals surface area contributed by atoms with Gasteiger partial charge in [0.2, 0.25) is 11.9 Å². The number of hydrogen-bond donors (Lipinski definition) is 2. The molecule has 0 saturated heterocycles. The molecular weight excluding hydrogens is 355 g/mol. The molecule has 27 heavy (non-hydrogen) atoms. The standard InChI is InChI=1S/C19H24F3N5/c1-2-12(20)10-23-19-24-11-15(16-4-3-5-17(22)26-16)18(27-19)25-14-8-6-13(21)7-9-14/h3-5,11-14H,2,6-10H2,1H3,(H2,23,24,25,27)/t12-,13?,14?/m0/s1. The van der Waals surface area contributed by atoms with Crippen LogP contribution in [0.3, 0.4) is 0 Å². The van der Waals surface area contributed by atoms with Gasteiger partial charge in [-0.15, -0.1) is 0 Å². The second kappa shape index (κ2) is 9.01. The van der Waals surface area contributed by atoms with E-state index in [1.54, 1.807) is 25.3 Å². The second-order valence-corrected chi connectivity index (χ2v) is 6.78. The normalized spacial score (nSPS) is 20.9. The van der Waals surface area contributed by atoms with Crippen molar-refractivity contribution >= 4 is 11.8 Å². The third-order valence-corrected chi connectivity index (χ3v) is 4.70. The Morgan fingerprint density at radius 1 is 1.19 bits per heavy atom. The summed E-state index contributed by atoms with van der Waals surface area (Å²) in [5.74, 6) is 0.176. The number of aromatic nitrogens is 3. The lowest BCUT2D eigenvalue weighted by Gasteiger charge is -2.26. The van der Waals surface area contributed by atoms with Gasteiger partial charge >= 0.3 is 0 Å². The highest BCUT2D eigenvalue weighted by molar-refractivity contribution is 5.72. The van der Waals surface area contributed by atoms with E-state index in [1.807, 2.05) is 0 Å². The van der Waals surface area contributed by atoms with Crippen molar-refractivity contribution in [1.29, 1.82) is 0 Å². The number of rotatable bonds is 7. The van der Waals surface area contributed by atoms with Gasteiger partial charge in [0.1, 0.15) is 18.2 Å². The molecule has 0 bridgehead atoms. The minimum absolute atomic E-state index is 0.0663. The molecule has 1 aliphatic rings. The Morgan fingerprint density at radius 3 is 2.67 bits per heavy atom.